The van der Waals surface area contributed by atoms with Crippen LogP contribution in [-0.4, -0.2) is 67.1 Å². The summed E-state index contributed by atoms with van der Waals surface area (Å²) in [5.41, 5.74) is 2.26. The predicted octanol–water partition coefficient (Wildman–Crippen LogP) is 2.71. The first-order valence-electron chi connectivity index (χ1n) is 10.7. The number of nitrogens with one attached hydrogen (secondary N) is 2. The number of guanidine groups is 1. The van der Waals surface area contributed by atoms with Gasteiger partial charge in [-0.25, -0.2) is 4.68 Å². The predicted molar refractivity (Wildman–Crippen MR) is 126 cm³/mol. The molecule has 3 heterocycles. The molecule has 0 bridgehead atoms. The van der Waals surface area contributed by atoms with Crippen LogP contribution < -0.4 is 10.6 Å². The summed E-state index contributed by atoms with van der Waals surface area (Å²) < 4.78 is 7.45. The van der Waals surface area contributed by atoms with E-state index >= 15 is 0 Å². The van der Waals surface area contributed by atoms with Gasteiger partial charge in [0.2, 0.25) is 0 Å². The number of morpholine rings is 1. The van der Waals surface area contributed by atoms with Gasteiger partial charge in [-0.1, -0.05) is 24.3 Å². The van der Waals surface area contributed by atoms with Gasteiger partial charge < -0.3 is 15.4 Å². The molecule has 3 aromatic rings. The van der Waals surface area contributed by atoms with Crippen molar-refractivity contribution in [3.8, 4) is 5.69 Å². The van der Waals surface area contributed by atoms with Crippen LogP contribution in [-0.2, 0) is 11.2 Å². The standard InChI is InChI=1S/C23H30N6OS/c1-24-23(25-10-9-19-16-27-29(18-19)20-6-3-2-4-7-20)26-17-21(22-8-5-15-31-22)28-11-13-30-14-12-28/h2-8,15-16,18,21H,9-14,17H2,1H3,(H2,24,25,26). The Morgan fingerprint density at radius 3 is 2.74 bits per heavy atom. The summed E-state index contributed by atoms with van der Waals surface area (Å²) in [6.07, 6.45) is 4.89. The molecule has 1 aliphatic heterocycles. The normalized spacial score (nSPS) is 16.2. The van der Waals surface area contributed by atoms with Crippen LogP contribution in [0.4, 0.5) is 0 Å². The van der Waals surface area contributed by atoms with Gasteiger partial charge in [-0.3, -0.25) is 9.89 Å². The van der Waals surface area contributed by atoms with Gasteiger partial charge in [0, 0.05) is 44.3 Å². The number of thiophene rings is 1. The summed E-state index contributed by atoms with van der Waals surface area (Å²) in [5, 5.41) is 13.6. The van der Waals surface area contributed by atoms with E-state index in [-0.39, 0.29) is 0 Å². The van der Waals surface area contributed by atoms with Crippen molar-refractivity contribution in [3.05, 3.63) is 70.7 Å². The number of nitrogens with zero attached hydrogens (tertiary/aromatic N) is 4. The molecule has 4 rings (SSSR count). The molecule has 1 aromatic carbocycles. The Bertz CT molecular complexity index is 934. The van der Waals surface area contributed by atoms with E-state index in [1.54, 1.807) is 0 Å². The van der Waals surface area contributed by atoms with Gasteiger partial charge in [-0.2, -0.15) is 5.10 Å². The minimum atomic E-state index is 0.326. The quantitative estimate of drug-likeness (QED) is 0.418. The van der Waals surface area contributed by atoms with Crippen molar-refractivity contribution >= 4 is 17.3 Å². The molecule has 8 heteroatoms. The Morgan fingerprint density at radius 2 is 2.00 bits per heavy atom. The molecule has 1 atom stereocenters. The maximum absolute atomic E-state index is 5.54. The summed E-state index contributed by atoms with van der Waals surface area (Å²) in [6, 6.07) is 14.8. The van der Waals surface area contributed by atoms with E-state index in [0.717, 1.165) is 57.5 Å². The lowest BCUT2D eigenvalue weighted by atomic mass is 10.2. The molecule has 1 unspecified atom stereocenters. The molecule has 2 aromatic heterocycles. The number of ether oxygens (including phenoxy) is 1. The number of aromatic nitrogens is 2. The molecule has 0 saturated carbocycles. The Labute approximate surface area is 187 Å². The average molecular weight is 439 g/mol. The zero-order chi connectivity index (χ0) is 21.3. The molecule has 1 fully saturated rings. The molecule has 7 nitrogen and oxygen atoms in total. The van der Waals surface area contributed by atoms with Crippen molar-refractivity contribution in [2.75, 3.05) is 46.4 Å². The van der Waals surface area contributed by atoms with Crippen molar-refractivity contribution in [2.24, 2.45) is 4.99 Å². The van der Waals surface area contributed by atoms with Gasteiger partial charge in [0.15, 0.2) is 5.96 Å². The minimum absolute atomic E-state index is 0.326. The van der Waals surface area contributed by atoms with Gasteiger partial charge in [-0.05, 0) is 35.6 Å². The monoisotopic (exact) mass is 438 g/mol. The van der Waals surface area contributed by atoms with Gasteiger partial charge in [0.1, 0.15) is 0 Å². The first-order chi connectivity index (χ1) is 15.3. The summed E-state index contributed by atoms with van der Waals surface area (Å²) in [7, 11) is 1.82. The largest absolute Gasteiger partial charge is 0.379 e. The number of hydrogen-bond acceptors (Lipinski definition) is 5. The van der Waals surface area contributed by atoms with Gasteiger partial charge in [-0.15, -0.1) is 11.3 Å². The smallest absolute Gasteiger partial charge is 0.191 e. The molecule has 1 aliphatic rings. The second kappa shape index (κ2) is 11.1. The van der Waals surface area contributed by atoms with Crippen molar-refractivity contribution in [1.82, 2.24) is 25.3 Å². The summed E-state index contributed by atoms with van der Waals surface area (Å²) in [6.45, 7) is 5.12. The molecule has 0 aliphatic carbocycles. The first-order valence-corrected chi connectivity index (χ1v) is 11.6. The van der Waals surface area contributed by atoms with Crippen LogP contribution in [0, 0.1) is 0 Å². The molecular weight excluding hydrogens is 408 g/mol. The SMILES string of the molecule is CN=C(NCCc1cnn(-c2ccccc2)c1)NCC(c1cccs1)N1CCOCC1. The van der Waals surface area contributed by atoms with Crippen LogP contribution in [0.3, 0.4) is 0 Å². The van der Waals surface area contributed by atoms with Crippen LogP contribution in [0.5, 0.6) is 0 Å². The van der Waals surface area contributed by atoms with Crippen LogP contribution in [0.2, 0.25) is 0 Å². The fourth-order valence-electron chi connectivity index (χ4n) is 3.73. The van der Waals surface area contributed by atoms with Gasteiger partial charge in [0.05, 0.1) is 31.1 Å². The molecule has 0 spiro atoms. The van der Waals surface area contributed by atoms with Crippen molar-refractivity contribution in [3.63, 3.8) is 0 Å². The van der Waals surface area contributed by atoms with Crippen molar-refractivity contribution in [1.29, 1.82) is 0 Å². The third-order valence-electron chi connectivity index (χ3n) is 5.41. The fraction of sp³-hybridized carbons (Fsp3) is 0.391. The van der Waals surface area contributed by atoms with E-state index in [1.165, 1.54) is 10.4 Å². The Morgan fingerprint density at radius 1 is 1.16 bits per heavy atom. The molecule has 164 valence electrons. The lowest BCUT2D eigenvalue weighted by molar-refractivity contribution is 0.0177. The number of aliphatic imine (C=N–C) groups is 1. The van der Waals surface area contributed by atoms with Crippen LogP contribution in [0.15, 0.2) is 65.2 Å². The topological polar surface area (TPSA) is 66.7 Å². The highest BCUT2D eigenvalue weighted by Crippen LogP contribution is 2.25. The zero-order valence-corrected chi connectivity index (χ0v) is 18.7. The maximum atomic E-state index is 5.54. The van der Waals surface area contributed by atoms with E-state index in [2.05, 4.69) is 61.5 Å². The lowest BCUT2D eigenvalue weighted by Gasteiger charge is -2.34. The summed E-state index contributed by atoms with van der Waals surface area (Å²) in [5.74, 6) is 0.824. The molecule has 31 heavy (non-hydrogen) atoms. The minimum Gasteiger partial charge on any atom is -0.379 e. The van der Waals surface area contributed by atoms with Crippen LogP contribution >= 0.6 is 11.3 Å². The molecule has 1 saturated heterocycles. The highest BCUT2D eigenvalue weighted by atomic mass is 32.1. The number of hydrogen-bond donors (Lipinski definition) is 2. The van der Waals surface area contributed by atoms with Crippen LogP contribution in [0.25, 0.3) is 5.69 Å². The number of para-hydroxylation sites is 1. The number of rotatable bonds is 8. The van der Waals surface area contributed by atoms with Gasteiger partial charge in [0.25, 0.3) is 0 Å². The summed E-state index contributed by atoms with van der Waals surface area (Å²) >= 11 is 1.81. The Balaban J connectivity index is 1.28. The molecule has 2 N–H and O–H groups in total. The second-order valence-corrected chi connectivity index (χ2v) is 8.42. The van der Waals surface area contributed by atoms with Crippen molar-refractivity contribution in [2.45, 2.75) is 12.5 Å². The first kappa shape index (κ1) is 21.5. The van der Waals surface area contributed by atoms with E-state index < -0.39 is 0 Å². The number of benzene rings is 1. The Kier molecular flexibility index (Phi) is 7.71. The van der Waals surface area contributed by atoms with Crippen LogP contribution in [0.1, 0.15) is 16.5 Å². The summed E-state index contributed by atoms with van der Waals surface area (Å²) in [4.78, 5) is 8.27. The van der Waals surface area contributed by atoms with E-state index in [0.29, 0.717) is 6.04 Å². The van der Waals surface area contributed by atoms with E-state index in [9.17, 15) is 0 Å². The van der Waals surface area contributed by atoms with E-state index in [4.69, 9.17) is 4.74 Å². The van der Waals surface area contributed by atoms with Gasteiger partial charge >= 0.3 is 0 Å². The third-order valence-corrected chi connectivity index (χ3v) is 6.38. The highest BCUT2D eigenvalue weighted by Gasteiger charge is 2.23. The molecule has 0 amide bonds. The maximum Gasteiger partial charge on any atom is 0.191 e. The lowest BCUT2D eigenvalue weighted by Crippen LogP contribution is -2.46. The highest BCUT2D eigenvalue weighted by molar-refractivity contribution is 7.10. The fourth-order valence-corrected chi connectivity index (χ4v) is 4.59. The molecule has 0 radical (unpaired) electrons. The second-order valence-electron chi connectivity index (χ2n) is 7.44. The Hall–Kier alpha value is -2.68. The third kappa shape index (κ3) is 5.94. The molecular formula is C23H30N6OS. The zero-order valence-electron chi connectivity index (χ0n) is 17.9. The average Bonchev–Trinajstić information content (AvgIpc) is 3.52. The van der Waals surface area contributed by atoms with Crippen molar-refractivity contribution < 1.29 is 4.74 Å². The van der Waals surface area contributed by atoms with E-state index in [1.807, 2.05) is 47.5 Å².